The minimum atomic E-state index is -4.30. The van der Waals surface area contributed by atoms with Crippen LogP contribution < -0.4 is 4.90 Å². The number of thiazole rings is 1. The minimum absolute atomic E-state index is 0.0249. The van der Waals surface area contributed by atoms with Gasteiger partial charge in [0.25, 0.3) is 0 Å². The van der Waals surface area contributed by atoms with Crippen molar-refractivity contribution in [1.29, 1.82) is 5.26 Å². The van der Waals surface area contributed by atoms with Gasteiger partial charge in [0.1, 0.15) is 33.4 Å². The van der Waals surface area contributed by atoms with Crippen LogP contribution in [0, 0.1) is 23.7 Å². The van der Waals surface area contributed by atoms with Gasteiger partial charge < -0.3 is 9.88 Å². The molecule has 0 aliphatic carbocycles. The molecule has 11 heteroatoms. The molecule has 2 fully saturated rings. The first-order chi connectivity index (χ1) is 17.2. The quantitative estimate of drug-likeness (QED) is 0.417. The number of benzene rings is 1. The molecule has 4 aromatic rings. The number of aromatic nitrogens is 4. The van der Waals surface area contributed by atoms with Crippen LogP contribution in [0.2, 0.25) is 0 Å². The van der Waals surface area contributed by atoms with Crippen molar-refractivity contribution in [2.45, 2.75) is 38.9 Å². The number of H-pyrrole nitrogens is 1. The minimum Gasteiger partial charge on any atom is -0.354 e. The number of hydrogen-bond acceptors (Lipinski definition) is 7. The monoisotopic (exact) mass is 511 g/mol. The molecule has 7 nitrogen and oxygen atoms in total. The average Bonchev–Trinajstić information content (AvgIpc) is 3.60. The summed E-state index contributed by atoms with van der Waals surface area (Å²) in [6, 6.07) is 8.27. The number of nitriles is 1. The lowest BCUT2D eigenvalue weighted by atomic mass is 9.86. The normalized spacial score (nSPS) is 20.8. The highest BCUT2D eigenvalue weighted by molar-refractivity contribution is 7.18. The summed E-state index contributed by atoms with van der Waals surface area (Å²) in [6.07, 6.45) is -1.84. The molecular weight excluding hydrogens is 487 g/mol. The Morgan fingerprint density at radius 1 is 1.19 bits per heavy atom. The summed E-state index contributed by atoms with van der Waals surface area (Å²) in [5.74, 6) is 0.641. The smallest absolute Gasteiger partial charge is 0.354 e. The van der Waals surface area contributed by atoms with Crippen molar-refractivity contribution in [3.63, 3.8) is 0 Å². The number of aryl methyl sites for hydroxylation is 1. The lowest BCUT2D eigenvalue weighted by Gasteiger charge is -2.25. The van der Waals surface area contributed by atoms with Gasteiger partial charge in [-0.25, -0.2) is 15.0 Å². The molecule has 1 unspecified atom stereocenters. The fourth-order valence-corrected chi connectivity index (χ4v) is 6.67. The molecule has 0 saturated carbocycles. The van der Waals surface area contributed by atoms with Crippen LogP contribution in [0.4, 0.5) is 19.0 Å². The fraction of sp³-hybridized carbons (Fsp3) is 0.440. The molecule has 2 saturated heterocycles. The van der Waals surface area contributed by atoms with E-state index >= 15 is 0 Å². The van der Waals surface area contributed by atoms with Crippen LogP contribution in [0.5, 0.6) is 0 Å². The molecular formula is C25H24F3N7S. The van der Waals surface area contributed by atoms with E-state index in [1.807, 2.05) is 12.1 Å². The molecule has 1 N–H and O–H groups in total. The molecule has 5 heterocycles. The zero-order chi connectivity index (χ0) is 25.1. The number of hydrogen-bond donors (Lipinski definition) is 1. The van der Waals surface area contributed by atoms with Crippen molar-refractivity contribution in [1.82, 2.24) is 24.8 Å². The van der Waals surface area contributed by atoms with Crippen LogP contribution in [0.25, 0.3) is 21.3 Å². The number of fused-ring (bicyclic) bond motifs is 2. The number of aromatic amines is 1. The number of likely N-dealkylation sites (tertiary alicyclic amines) is 1. The van der Waals surface area contributed by atoms with Gasteiger partial charge in [0.2, 0.25) is 0 Å². The predicted octanol–water partition coefficient (Wildman–Crippen LogP) is 4.95. The number of alkyl halides is 3. The number of halogens is 3. The fourth-order valence-electron chi connectivity index (χ4n) is 5.74. The molecule has 0 bridgehead atoms. The van der Waals surface area contributed by atoms with Crippen molar-refractivity contribution in [2.24, 2.45) is 5.41 Å². The summed E-state index contributed by atoms with van der Waals surface area (Å²) in [7, 11) is 0. The molecule has 2 aliphatic rings. The van der Waals surface area contributed by atoms with Crippen LogP contribution in [-0.2, 0) is 13.0 Å². The van der Waals surface area contributed by atoms with Crippen LogP contribution in [0.15, 0.2) is 24.5 Å². The van der Waals surface area contributed by atoms with E-state index in [1.165, 1.54) is 17.5 Å². The van der Waals surface area contributed by atoms with Crippen molar-refractivity contribution in [3.05, 3.63) is 46.4 Å². The summed E-state index contributed by atoms with van der Waals surface area (Å²) in [5, 5.41) is 10.3. The molecule has 2 aliphatic heterocycles. The second-order valence-electron chi connectivity index (χ2n) is 9.99. The highest BCUT2D eigenvalue weighted by atomic mass is 32.1. The Bertz CT molecular complexity index is 1500. The largest absolute Gasteiger partial charge is 0.395 e. The van der Waals surface area contributed by atoms with E-state index < -0.39 is 12.6 Å². The third kappa shape index (κ3) is 4.18. The zero-order valence-corrected chi connectivity index (χ0v) is 20.5. The summed E-state index contributed by atoms with van der Waals surface area (Å²) < 4.78 is 38.7. The Labute approximate surface area is 209 Å². The molecule has 6 rings (SSSR count). The maximum atomic E-state index is 12.9. The maximum absolute atomic E-state index is 12.9. The summed E-state index contributed by atoms with van der Waals surface area (Å²) >= 11 is 0.990. The average molecular weight is 512 g/mol. The van der Waals surface area contributed by atoms with Gasteiger partial charge in [-0.1, -0.05) is 17.4 Å². The van der Waals surface area contributed by atoms with E-state index in [4.69, 9.17) is 0 Å². The van der Waals surface area contributed by atoms with Gasteiger partial charge in [0.15, 0.2) is 5.82 Å². The first kappa shape index (κ1) is 23.2. The topological polar surface area (TPSA) is 84.7 Å². The molecule has 186 valence electrons. The Morgan fingerprint density at radius 2 is 2.03 bits per heavy atom. The van der Waals surface area contributed by atoms with Gasteiger partial charge in [-0.3, -0.25) is 4.90 Å². The number of anilines is 1. The Kier molecular flexibility index (Phi) is 5.42. The third-order valence-electron chi connectivity index (χ3n) is 7.53. The van der Waals surface area contributed by atoms with Gasteiger partial charge in [0.05, 0.1) is 6.42 Å². The van der Waals surface area contributed by atoms with E-state index in [-0.39, 0.29) is 10.4 Å². The Balaban J connectivity index is 1.18. The van der Waals surface area contributed by atoms with Crippen LogP contribution in [0.3, 0.4) is 0 Å². The SMILES string of the molecule is Cc1c(CN2CCC3(CCN(c4ncnc5sc(CC(F)(F)F)nc45)C3)C2)ccc2[nH]c(C#N)cc12. The lowest BCUT2D eigenvalue weighted by molar-refractivity contribution is -0.127. The molecule has 36 heavy (non-hydrogen) atoms. The van der Waals surface area contributed by atoms with E-state index in [1.54, 1.807) is 0 Å². The third-order valence-corrected chi connectivity index (χ3v) is 8.49. The highest BCUT2D eigenvalue weighted by Gasteiger charge is 2.44. The van der Waals surface area contributed by atoms with Crippen molar-refractivity contribution in [3.8, 4) is 6.07 Å². The van der Waals surface area contributed by atoms with Crippen molar-refractivity contribution >= 4 is 38.4 Å². The van der Waals surface area contributed by atoms with Gasteiger partial charge in [0, 0.05) is 42.5 Å². The first-order valence-corrected chi connectivity index (χ1v) is 12.7. The van der Waals surface area contributed by atoms with Gasteiger partial charge in [-0.05, 0) is 49.6 Å². The Morgan fingerprint density at radius 3 is 2.83 bits per heavy atom. The Hall–Kier alpha value is -3.23. The zero-order valence-electron chi connectivity index (χ0n) is 19.7. The summed E-state index contributed by atoms with van der Waals surface area (Å²) in [4.78, 5) is 21.2. The first-order valence-electron chi connectivity index (χ1n) is 11.9. The van der Waals surface area contributed by atoms with Gasteiger partial charge in [-0.2, -0.15) is 18.4 Å². The molecule has 0 radical (unpaired) electrons. The van der Waals surface area contributed by atoms with E-state index in [0.29, 0.717) is 21.9 Å². The standard InChI is InChI=1S/C25H24F3N7S/c1-15-16(2-3-19-18(15)8-17(10-29)32-19)11-34-6-4-24(12-34)5-7-35(13-24)22-21-23(31-14-30-22)36-20(33-21)9-25(26,27)28/h2-3,8,14,32H,4-7,9,11-13H2,1H3. The molecule has 1 atom stereocenters. The van der Waals surface area contributed by atoms with Crippen molar-refractivity contribution in [2.75, 3.05) is 31.1 Å². The highest BCUT2D eigenvalue weighted by Crippen LogP contribution is 2.43. The summed E-state index contributed by atoms with van der Waals surface area (Å²) in [5.41, 5.74) is 4.61. The number of nitrogens with zero attached hydrogens (tertiary/aromatic N) is 6. The number of nitrogens with one attached hydrogen (secondary N) is 1. The molecule has 3 aromatic heterocycles. The predicted molar refractivity (Wildman–Crippen MR) is 132 cm³/mol. The number of rotatable bonds is 4. The van der Waals surface area contributed by atoms with E-state index in [0.717, 1.165) is 67.8 Å². The molecule has 0 amide bonds. The van der Waals surface area contributed by atoms with Crippen LogP contribution in [0.1, 0.15) is 34.7 Å². The summed E-state index contributed by atoms with van der Waals surface area (Å²) in [6.45, 7) is 6.52. The van der Waals surface area contributed by atoms with Gasteiger partial charge in [-0.15, -0.1) is 0 Å². The lowest BCUT2D eigenvalue weighted by Crippen LogP contribution is -2.31. The molecule has 1 aromatic carbocycles. The van der Waals surface area contributed by atoms with Crippen LogP contribution >= 0.6 is 11.3 Å². The second kappa shape index (κ2) is 8.42. The van der Waals surface area contributed by atoms with E-state index in [9.17, 15) is 18.4 Å². The molecule has 1 spiro atoms. The second-order valence-corrected chi connectivity index (χ2v) is 11.1. The van der Waals surface area contributed by atoms with E-state index in [2.05, 4.69) is 48.8 Å². The van der Waals surface area contributed by atoms with Crippen molar-refractivity contribution < 1.29 is 13.2 Å². The van der Waals surface area contributed by atoms with Crippen LogP contribution in [-0.4, -0.2) is 57.2 Å². The maximum Gasteiger partial charge on any atom is 0.395 e. The van der Waals surface area contributed by atoms with Gasteiger partial charge >= 0.3 is 6.18 Å².